The maximum absolute atomic E-state index is 12.2. The number of anilines is 2. The van der Waals surface area contributed by atoms with Crippen molar-refractivity contribution in [3.8, 4) is 0 Å². The van der Waals surface area contributed by atoms with Crippen LogP contribution in [0.2, 0.25) is 0 Å². The highest BCUT2D eigenvalue weighted by molar-refractivity contribution is 7.84. The van der Waals surface area contributed by atoms with Gasteiger partial charge >= 0.3 is 0 Å². The fourth-order valence-corrected chi connectivity index (χ4v) is 4.15. The molecule has 5 heteroatoms. The van der Waals surface area contributed by atoms with E-state index in [2.05, 4.69) is 16.4 Å². The topological polar surface area (TPSA) is 59.1 Å². The first-order valence-corrected chi connectivity index (χ1v) is 10.7. The number of pyridine rings is 1. The molecule has 0 saturated carbocycles. The molecule has 0 aliphatic rings. The Morgan fingerprint density at radius 1 is 1.11 bits per heavy atom. The van der Waals surface area contributed by atoms with Crippen LogP contribution < -0.4 is 5.32 Å². The highest BCUT2D eigenvalue weighted by Gasteiger charge is 2.13. The van der Waals surface area contributed by atoms with Crippen molar-refractivity contribution in [1.82, 2.24) is 4.98 Å². The van der Waals surface area contributed by atoms with Crippen molar-refractivity contribution in [3.63, 3.8) is 0 Å². The molecule has 3 aromatic rings. The van der Waals surface area contributed by atoms with E-state index in [0.29, 0.717) is 11.3 Å². The van der Waals surface area contributed by atoms with E-state index in [4.69, 9.17) is 0 Å². The fraction of sp³-hybridized carbons (Fsp3) is 0.273. The minimum Gasteiger partial charge on any atom is -0.354 e. The summed E-state index contributed by atoms with van der Waals surface area (Å²) in [5, 5.41) is 4.30. The summed E-state index contributed by atoms with van der Waals surface area (Å²) < 4.78 is 12.0. The van der Waals surface area contributed by atoms with Crippen molar-refractivity contribution < 1.29 is 9.00 Å². The molecule has 1 N–H and O–H groups in total. The quantitative estimate of drug-likeness (QED) is 0.566. The number of carbonyl (C=O) groups is 1. The smallest absolute Gasteiger partial charge is 0.163 e. The molecule has 0 spiro atoms. The molecule has 27 heavy (non-hydrogen) atoms. The predicted octanol–water partition coefficient (Wildman–Crippen LogP) is 4.88. The van der Waals surface area contributed by atoms with Gasteiger partial charge in [0.2, 0.25) is 0 Å². The molecule has 1 heterocycles. The van der Waals surface area contributed by atoms with Gasteiger partial charge in [0.1, 0.15) is 0 Å². The number of ketones is 1. The van der Waals surface area contributed by atoms with Gasteiger partial charge in [-0.3, -0.25) is 14.0 Å². The minimum absolute atomic E-state index is 0.0303. The first kappa shape index (κ1) is 19.2. The van der Waals surface area contributed by atoms with E-state index >= 15 is 0 Å². The molecule has 0 aliphatic carbocycles. The Labute approximate surface area is 162 Å². The van der Waals surface area contributed by atoms with Crippen molar-refractivity contribution in [2.75, 3.05) is 16.8 Å². The zero-order valence-electron chi connectivity index (χ0n) is 15.7. The Morgan fingerprint density at radius 2 is 1.89 bits per heavy atom. The first-order chi connectivity index (χ1) is 13.1. The van der Waals surface area contributed by atoms with Gasteiger partial charge < -0.3 is 5.32 Å². The maximum atomic E-state index is 12.2. The first-order valence-electron chi connectivity index (χ1n) is 9.18. The van der Waals surface area contributed by atoms with Gasteiger partial charge in [0.25, 0.3) is 0 Å². The number of benzene rings is 2. The Bertz CT molecular complexity index is 971. The molecule has 0 radical (unpaired) electrons. The zero-order valence-corrected chi connectivity index (χ0v) is 16.5. The number of nitrogens with zero attached hydrogens (tertiary/aromatic N) is 1. The molecule has 1 atom stereocenters. The van der Waals surface area contributed by atoms with Crippen LogP contribution in [-0.4, -0.2) is 26.5 Å². The molecule has 1 unspecified atom stereocenters. The summed E-state index contributed by atoms with van der Waals surface area (Å²) in [4.78, 5) is 16.6. The molecule has 0 aliphatic heterocycles. The number of aromatic nitrogens is 1. The van der Waals surface area contributed by atoms with Crippen molar-refractivity contribution in [2.24, 2.45) is 0 Å². The summed E-state index contributed by atoms with van der Waals surface area (Å²) in [7, 11) is -0.788. The van der Waals surface area contributed by atoms with Gasteiger partial charge in [-0.25, -0.2) is 0 Å². The van der Waals surface area contributed by atoms with Crippen molar-refractivity contribution in [1.29, 1.82) is 0 Å². The minimum atomic E-state index is -0.788. The van der Waals surface area contributed by atoms with E-state index in [0.717, 1.165) is 46.4 Å². The molecular formula is C22H24N2O2S. The van der Waals surface area contributed by atoms with Crippen LogP contribution in [0.5, 0.6) is 0 Å². The van der Waals surface area contributed by atoms with Gasteiger partial charge in [0, 0.05) is 39.6 Å². The lowest BCUT2D eigenvalue weighted by Crippen LogP contribution is -2.05. The van der Waals surface area contributed by atoms with Crippen LogP contribution in [0.4, 0.5) is 11.4 Å². The monoisotopic (exact) mass is 380 g/mol. The third-order valence-corrected chi connectivity index (χ3v) is 5.93. The van der Waals surface area contributed by atoms with Gasteiger partial charge in [0.05, 0.1) is 16.8 Å². The average Bonchev–Trinajstić information content (AvgIpc) is 2.67. The molecule has 0 bridgehead atoms. The number of fused-ring (bicyclic) bond motifs is 1. The molecule has 0 amide bonds. The van der Waals surface area contributed by atoms with Crippen LogP contribution in [0.3, 0.4) is 0 Å². The molecule has 4 nitrogen and oxygen atoms in total. The lowest BCUT2D eigenvalue weighted by Gasteiger charge is -2.14. The SMILES string of the molecule is CCCS(=O)CCc1ccc2ncc(C(C)=O)c(Nc3ccccc3)c2c1. The van der Waals surface area contributed by atoms with Crippen LogP contribution in [0.1, 0.15) is 36.2 Å². The fourth-order valence-electron chi connectivity index (χ4n) is 3.02. The summed E-state index contributed by atoms with van der Waals surface area (Å²) in [6.45, 7) is 3.60. The van der Waals surface area contributed by atoms with Gasteiger partial charge in [-0.05, 0) is 49.6 Å². The van der Waals surface area contributed by atoms with Crippen LogP contribution in [0.15, 0.2) is 54.7 Å². The van der Waals surface area contributed by atoms with Crippen LogP contribution in [-0.2, 0) is 17.2 Å². The third-order valence-electron chi connectivity index (χ3n) is 4.40. The van der Waals surface area contributed by atoms with Crippen LogP contribution in [0, 0.1) is 0 Å². The van der Waals surface area contributed by atoms with Crippen molar-refractivity contribution in [2.45, 2.75) is 26.7 Å². The second-order valence-corrected chi connectivity index (χ2v) is 8.24. The lowest BCUT2D eigenvalue weighted by atomic mass is 10.0. The van der Waals surface area contributed by atoms with Crippen LogP contribution in [0.25, 0.3) is 10.9 Å². The Hall–Kier alpha value is -2.53. The van der Waals surface area contributed by atoms with Crippen molar-refractivity contribution >= 4 is 38.9 Å². The molecule has 3 rings (SSSR count). The summed E-state index contributed by atoms with van der Waals surface area (Å²) in [6.07, 6.45) is 3.31. The number of carbonyl (C=O) groups excluding carboxylic acids is 1. The Kier molecular flexibility index (Phi) is 6.35. The maximum Gasteiger partial charge on any atom is 0.163 e. The van der Waals surface area contributed by atoms with Gasteiger partial charge in [0.15, 0.2) is 5.78 Å². The second-order valence-electron chi connectivity index (χ2n) is 6.54. The molecule has 140 valence electrons. The summed E-state index contributed by atoms with van der Waals surface area (Å²) >= 11 is 0. The van der Waals surface area contributed by atoms with Crippen LogP contribution >= 0.6 is 0 Å². The summed E-state index contributed by atoms with van der Waals surface area (Å²) in [5.74, 6) is 1.36. The Balaban J connectivity index is 2.00. The van der Waals surface area contributed by atoms with E-state index in [9.17, 15) is 9.00 Å². The second kappa shape index (κ2) is 8.91. The Morgan fingerprint density at radius 3 is 2.59 bits per heavy atom. The van der Waals surface area contributed by atoms with Crippen molar-refractivity contribution in [3.05, 3.63) is 65.9 Å². The summed E-state index contributed by atoms with van der Waals surface area (Å²) in [6, 6.07) is 15.8. The predicted molar refractivity (Wildman–Crippen MR) is 113 cm³/mol. The van der Waals surface area contributed by atoms with E-state index in [1.807, 2.05) is 49.4 Å². The van der Waals surface area contributed by atoms with E-state index in [1.54, 1.807) is 13.1 Å². The zero-order chi connectivity index (χ0) is 19.2. The van der Waals surface area contributed by atoms with Gasteiger partial charge in [-0.15, -0.1) is 0 Å². The number of hydrogen-bond acceptors (Lipinski definition) is 4. The number of nitrogens with one attached hydrogen (secondary N) is 1. The molecular weight excluding hydrogens is 356 g/mol. The number of Topliss-reactive ketones (excluding diaryl/α,β-unsaturated/α-hetero) is 1. The highest BCUT2D eigenvalue weighted by atomic mass is 32.2. The van der Waals surface area contributed by atoms with E-state index < -0.39 is 10.8 Å². The summed E-state index contributed by atoms with van der Waals surface area (Å²) in [5.41, 5.74) is 4.19. The molecule has 1 aromatic heterocycles. The number of aryl methyl sites for hydroxylation is 1. The number of para-hydroxylation sites is 1. The molecule has 0 saturated heterocycles. The highest BCUT2D eigenvalue weighted by Crippen LogP contribution is 2.30. The lowest BCUT2D eigenvalue weighted by molar-refractivity contribution is 0.101. The number of rotatable bonds is 8. The normalized spacial score (nSPS) is 12.1. The largest absolute Gasteiger partial charge is 0.354 e. The molecule has 0 fully saturated rings. The van der Waals surface area contributed by atoms with E-state index in [-0.39, 0.29) is 5.78 Å². The number of hydrogen-bond donors (Lipinski definition) is 1. The van der Waals surface area contributed by atoms with E-state index in [1.165, 1.54) is 0 Å². The van der Waals surface area contributed by atoms with Gasteiger partial charge in [-0.1, -0.05) is 31.2 Å². The third kappa shape index (κ3) is 4.80. The molecule has 2 aromatic carbocycles. The standard InChI is InChI=1S/C22H24N2O2S/c1-3-12-27(26)13-11-17-9-10-21-19(14-17)22(20(15-23-21)16(2)25)24-18-7-5-4-6-8-18/h4-10,14-15H,3,11-13H2,1-2H3,(H,23,24). The van der Waals surface area contributed by atoms with Gasteiger partial charge in [-0.2, -0.15) is 0 Å². The average molecular weight is 381 g/mol.